The lowest BCUT2D eigenvalue weighted by Gasteiger charge is -2.12. The van der Waals surface area contributed by atoms with E-state index in [1.807, 2.05) is 43.3 Å². The summed E-state index contributed by atoms with van der Waals surface area (Å²) >= 11 is 0. The van der Waals surface area contributed by atoms with Crippen molar-refractivity contribution < 1.29 is 23.7 Å². The maximum absolute atomic E-state index is 10.1. The van der Waals surface area contributed by atoms with Crippen LogP contribution in [0.1, 0.15) is 16.9 Å². The molecule has 2 aromatic carbocycles. The third-order valence-corrected chi connectivity index (χ3v) is 4.15. The van der Waals surface area contributed by atoms with Crippen LogP contribution in [-0.4, -0.2) is 26.4 Å². The van der Waals surface area contributed by atoms with Gasteiger partial charge in [0.15, 0.2) is 11.5 Å². The predicted octanol–water partition coefficient (Wildman–Crippen LogP) is 4.73. The molecule has 0 saturated carbocycles. The molecular formula is C21H22O5. The molecule has 0 aliphatic carbocycles. The summed E-state index contributed by atoms with van der Waals surface area (Å²) in [7, 11) is 4.76. The number of rotatable bonds is 6. The van der Waals surface area contributed by atoms with Crippen molar-refractivity contribution in [2.24, 2.45) is 0 Å². The Kier molecular flexibility index (Phi) is 5.07. The molecule has 3 aromatic rings. The molecule has 0 radical (unpaired) electrons. The van der Waals surface area contributed by atoms with Gasteiger partial charge in [0.05, 0.1) is 26.7 Å². The van der Waals surface area contributed by atoms with E-state index in [-0.39, 0.29) is 5.75 Å². The minimum atomic E-state index is 0.232. The number of furan rings is 1. The van der Waals surface area contributed by atoms with Crippen molar-refractivity contribution in [2.45, 2.75) is 13.3 Å². The maximum atomic E-state index is 10.1. The molecule has 0 bridgehead atoms. The Labute approximate surface area is 152 Å². The van der Waals surface area contributed by atoms with E-state index in [1.165, 1.54) is 0 Å². The second-order valence-electron chi connectivity index (χ2n) is 5.95. The van der Waals surface area contributed by atoms with Gasteiger partial charge < -0.3 is 23.7 Å². The second kappa shape index (κ2) is 7.44. The fourth-order valence-electron chi connectivity index (χ4n) is 2.95. The standard InChI is InChI=1S/C21H22O5/c1-13-8-16-17(22)9-14(10-18(16)26-13)6-5-7-15-11-19(23-2)21(25-4)20(12-15)24-3/h5,7-12,22H,6H2,1-4H3/b7-5-. The van der Waals surface area contributed by atoms with E-state index in [2.05, 4.69) is 0 Å². The van der Waals surface area contributed by atoms with Crippen molar-refractivity contribution in [3.8, 4) is 23.0 Å². The van der Waals surface area contributed by atoms with Gasteiger partial charge in [0.25, 0.3) is 0 Å². The molecule has 136 valence electrons. The molecule has 0 aliphatic heterocycles. The van der Waals surface area contributed by atoms with Crippen LogP contribution in [0.5, 0.6) is 23.0 Å². The number of aryl methyl sites for hydroxylation is 1. The van der Waals surface area contributed by atoms with E-state index >= 15 is 0 Å². The van der Waals surface area contributed by atoms with Gasteiger partial charge in [-0.05, 0) is 54.8 Å². The predicted molar refractivity (Wildman–Crippen MR) is 101 cm³/mol. The number of benzene rings is 2. The molecule has 0 unspecified atom stereocenters. The smallest absolute Gasteiger partial charge is 0.203 e. The molecule has 0 amide bonds. The topological polar surface area (TPSA) is 61.1 Å². The zero-order valence-corrected chi connectivity index (χ0v) is 15.3. The van der Waals surface area contributed by atoms with Crippen LogP contribution >= 0.6 is 0 Å². The summed E-state index contributed by atoms with van der Waals surface area (Å²) in [6.45, 7) is 1.86. The highest BCUT2D eigenvalue weighted by atomic mass is 16.5. The van der Waals surface area contributed by atoms with E-state index in [1.54, 1.807) is 27.4 Å². The van der Waals surface area contributed by atoms with Gasteiger partial charge in [-0.2, -0.15) is 0 Å². The van der Waals surface area contributed by atoms with Crippen molar-refractivity contribution >= 4 is 17.0 Å². The summed E-state index contributed by atoms with van der Waals surface area (Å²) in [5, 5.41) is 10.9. The largest absolute Gasteiger partial charge is 0.507 e. The van der Waals surface area contributed by atoms with Crippen molar-refractivity contribution in [3.05, 3.63) is 53.3 Å². The molecule has 3 rings (SSSR count). The van der Waals surface area contributed by atoms with Gasteiger partial charge in [0, 0.05) is 0 Å². The highest BCUT2D eigenvalue weighted by Crippen LogP contribution is 2.38. The number of phenolic OH excluding ortho intramolecular Hbond substituents is 1. The zero-order chi connectivity index (χ0) is 18.7. The molecule has 0 spiro atoms. The van der Waals surface area contributed by atoms with Crippen LogP contribution in [0.3, 0.4) is 0 Å². The van der Waals surface area contributed by atoms with E-state index in [9.17, 15) is 5.11 Å². The van der Waals surface area contributed by atoms with E-state index < -0.39 is 0 Å². The van der Waals surface area contributed by atoms with E-state index in [0.29, 0.717) is 29.3 Å². The molecule has 0 atom stereocenters. The van der Waals surface area contributed by atoms with Crippen molar-refractivity contribution in [1.82, 2.24) is 0 Å². The first kappa shape index (κ1) is 17.7. The number of hydrogen-bond donors (Lipinski definition) is 1. The number of hydrogen-bond acceptors (Lipinski definition) is 5. The van der Waals surface area contributed by atoms with Gasteiger partial charge >= 0.3 is 0 Å². The van der Waals surface area contributed by atoms with Crippen molar-refractivity contribution in [2.75, 3.05) is 21.3 Å². The van der Waals surface area contributed by atoms with Crippen molar-refractivity contribution in [3.63, 3.8) is 0 Å². The molecule has 5 heteroatoms. The molecule has 0 aliphatic rings. The van der Waals surface area contributed by atoms with Crippen LogP contribution < -0.4 is 14.2 Å². The normalized spacial score (nSPS) is 11.2. The third kappa shape index (κ3) is 3.47. The lowest BCUT2D eigenvalue weighted by atomic mass is 10.1. The Hall–Kier alpha value is -3.08. The highest BCUT2D eigenvalue weighted by Gasteiger charge is 2.12. The molecule has 0 fully saturated rings. The molecule has 1 aromatic heterocycles. The summed E-state index contributed by atoms with van der Waals surface area (Å²) in [6.07, 6.45) is 4.64. The lowest BCUT2D eigenvalue weighted by Crippen LogP contribution is -1.95. The Morgan fingerprint density at radius 3 is 2.27 bits per heavy atom. The fourth-order valence-corrected chi connectivity index (χ4v) is 2.95. The van der Waals surface area contributed by atoms with Gasteiger partial charge in [0.1, 0.15) is 17.1 Å². The molecule has 0 saturated heterocycles. The van der Waals surface area contributed by atoms with Crippen LogP contribution in [0, 0.1) is 6.92 Å². The molecular weight excluding hydrogens is 332 g/mol. The Balaban J connectivity index is 1.84. The van der Waals surface area contributed by atoms with Crippen LogP contribution in [0.4, 0.5) is 0 Å². The second-order valence-corrected chi connectivity index (χ2v) is 5.95. The number of phenols is 1. The average Bonchev–Trinajstić information content (AvgIpc) is 3.01. The van der Waals surface area contributed by atoms with Crippen molar-refractivity contribution in [1.29, 1.82) is 0 Å². The number of fused-ring (bicyclic) bond motifs is 1. The van der Waals surface area contributed by atoms with Crippen LogP contribution in [0.25, 0.3) is 17.0 Å². The third-order valence-electron chi connectivity index (χ3n) is 4.15. The fraction of sp³-hybridized carbons (Fsp3) is 0.238. The first-order chi connectivity index (χ1) is 12.5. The van der Waals surface area contributed by atoms with Gasteiger partial charge in [-0.3, -0.25) is 0 Å². The summed E-state index contributed by atoms with van der Waals surface area (Å²) in [5.74, 6) is 2.79. The zero-order valence-electron chi connectivity index (χ0n) is 15.3. The minimum Gasteiger partial charge on any atom is -0.507 e. The first-order valence-electron chi connectivity index (χ1n) is 8.24. The number of methoxy groups -OCH3 is 3. The van der Waals surface area contributed by atoms with Gasteiger partial charge in [0.2, 0.25) is 5.75 Å². The Morgan fingerprint density at radius 1 is 0.962 bits per heavy atom. The molecule has 5 nitrogen and oxygen atoms in total. The SMILES string of the molecule is COc1cc(/C=C\Cc2cc(O)c3cc(C)oc3c2)cc(OC)c1OC. The number of allylic oxidation sites excluding steroid dienone is 1. The lowest BCUT2D eigenvalue weighted by molar-refractivity contribution is 0.324. The van der Waals surface area contributed by atoms with Gasteiger partial charge in [-0.15, -0.1) is 0 Å². The quantitative estimate of drug-likeness (QED) is 0.693. The molecule has 1 heterocycles. The number of aromatic hydroxyl groups is 1. The first-order valence-corrected chi connectivity index (χ1v) is 8.24. The maximum Gasteiger partial charge on any atom is 0.203 e. The summed E-state index contributed by atoms with van der Waals surface area (Å²) in [6, 6.07) is 9.31. The Morgan fingerprint density at radius 2 is 1.65 bits per heavy atom. The summed E-state index contributed by atoms with van der Waals surface area (Å²) in [4.78, 5) is 0. The Bertz CT molecular complexity index is 927. The monoisotopic (exact) mass is 354 g/mol. The molecule has 26 heavy (non-hydrogen) atoms. The number of ether oxygens (including phenoxy) is 3. The van der Waals surface area contributed by atoms with Crippen LogP contribution in [0.15, 0.2) is 40.8 Å². The summed E-state index contributed by atoms with van der Waals surface area (Å²) < 4.78 is 21.7. The summed E-state index contributed by atoms with van der Waals surface area (Å²) in [5.41, 5.74) is 2.59. The van der Waals surface area contributed by atoms with Crippen LogP contribution in [0.2, 0.25) is 0 Å². The van der Waals surface area contributed by atoms with Gasteiger partial charge in [-0.25, -0.2) is 0 Å². The minimum absolute atomic E-state index is 0.232. The average molecular weight is 354 g/mol. The van der Waals surface area contributed by atoms with Gasteiger partial charge in [-0.1, -0.05) is 12.2 Å². The van der Waals surface area contributed by atoms with E-state index in [0.717, 1.165) is 22.3 Å². The van der Waals surface area contributed by atoms with Crippen LogP contribution in [-0.2, 0) is 6.42 Å². The molecule has 1 N–H and O–H groups in total. The highest BCUT2D eigenvalue weighted by molar-refractivity contribution is 5.85. The van der Waals surface area contributed by atoms with E-state index in [4.69, 9.17) is 18.6 Å².